The molecule has 0 aromatic heterocycles. The number of alkyl halides is 3. The highest BCUT2D eigenvalue weighted by Gasteiger charge is 2.49. The zero-order chi connectivity index (χ0) is 17.3. The van der Waals surface area contributed by atoms with E-state index in [1.807, 2.05) is 0 Å². The molecule has 1 aliphatic heterocycles. The van der Waals surface area contributed by atoms with E-state index in [4.69, 9.17) is 4.74 Å². The Balaban J connectivity index is 1.54. The number of anilines is 1. The topological polar surface area (TPSA) is 58.6 Å². The maximum absolute atomic E-state index is 12.5. The highest BCUT2D eigenvalue weighted by molar-refractivity contribution is 5.99. The normalized spacial score (nSPS) is 23.7. The van der Waals surface area contributed by atoms with Crippen molar-refractivity contribution in [2.75, 3.05) is 31.6 Å². The Morgan fingerprint density at radius 3 is 2.29 bits per heavy atom. The second kappa shape index (κ2) is 6.43. The Morgan fingerprint density at radius 2 is 1.71 bits per heavy atom. The van der Waals surface area contributed by atoms with Crippen LogP contribution in [-0.4, -0.2) is 43.0 Å². The predicted molar refractivity (Wildman–Crippen MR) is 79.1 cm³/mol. The summed E-state index contributed by atoms with van der Waals surface area (Å²) in [5, 5.41) is 2.57. The monoisotopic (exact) mass is 342 g/mol. The van der Waals surface area contributed by atoms with Gasteiger partial charge < -0.3 is 15.0 Å². The molecular weight excluding hydrogens is 325 g/mol. The zero-order valence-corrected chi connectivity index (χ0v) is 12.8. The number of benzene rings is 1. The van der Waals surface area contributed by atoms with Gasteiger partial charge in [0, 0.05) is 18.8 Å². The molecule has 1 aromatic rings. The fourth-order valence-corrected chi connectivity index (χ4v) is 2.75. The summed E-state index contributed by atoms with van der Waals surface area (Å²) in [6, 6.07) is 4.25. The molecule has 0 radical (unpaired) electrons. The van der Waals surface area contributed by atoms with E-state index in [0.29, 0.717) is 32.7 Å². The predicted octanol–water partition coefficient (Wildman–Crippen LogP) is 2.14. The van der Waals surface area contributed by atoms with Crippen LogP contribution in [0.2, 0.25) is 0 Å². The molecule has 2 fully saturated rings. The molecule has 1 saturated carbocycles. The lowest BCUT2D eigenvalue weighted by Crippen LogP contribution is -2.42. The summed E-state index contributed by atoms with van der Waals surface area (Å²) < 4.78 is 42.7. The van der Waals surface area contributed by atoms with Crippen LogP contribution >= 0.6 is 0 Å². The van der Waals surface area contributed by atoms with Gasteiger partial charge in [-0.3, -0.25) is 9.59 Å². The molecule has 1 aromatic carbocycles. The number of carbonyl (C=O) groups excluding carboxylic acids is 2. The lowest BCUT2D eigenvalue weighted by atomic mass is 10.2. The smallest absolute Gasteiger partial charge is 0.378 e. The van der Waals surface area contributed by atoms with E-state index in [2.05, 4.69) is 5.32 Å². The van der Waals surface area contributed by atoms with E-state index in [0.717, 1.165) is 12.1 Å². The maximum Gasteiger partial charge on any atom is 0.416 e. The first-order valence-electron chi connectivity index (χ1n) is 7.71. The number of morpholine rings is 1. The minimum Gasteiger partial charge on any atom is -0.378 e. The van der Waals surface area contributed by atoms with Crippen LogP contribution in [0.1, 0.15) is 12.0 Å². The number of halogens is 3. The third-order valence-electron chi connectivity index (χ3n) is 4.25. The molecule has 24 heavy (non-hydrogen) atoms. The molecule has 130 valence electrons. The van der Waals surface area contributed by atoms with Gasteiger partial charge in [0.2, 0.25) is 11.8 Å². The fourth-order valence-electron chi connectivity index (χ4n) is 2.75. The molecule has 1 N–H and O–H groups in total. The van der Waals surface area contributed by atoms with Crippen LogP contribution in [0.25, 0.3) is 0 Å². The van der Waals surface area contributed by atoms with Gasteiger partial charge in [-0.2, -0.15) is 13.2 Å². The highest BCUT2D eigenvalue weighted by Crippen LogP contribution is 2.41. The van der Waals surface area contributed by atoms with Crippen molar-refractivity contribution in [3.05, 3.63) is 29.8 Å². The molecule has 2 unspecified atom stereocenters. The number of rotatable bonds is 3. The lowest BCUT2D eigenvalue weighted by Gasteiger charge is -2.27. The molecule has 0 bridgehead atoms. The van der Waals surface area contributed by atoms with Crippen molar-refractivity contribution in [2.45, 2.75) is 12.6 Å². The molecule has 3 rings (SSSR count). The van der Waals surface area contributed by atoms with Gasteiger partial charge in [-0.1, -0.05) is 0 Å². The van der Waals surface area contributed by atoms with Gasteiger partial charge in [-0.25, -0.2) is 0 Å². The number of hydrogen-bond acceptors (Lipinski definition) is 3. The van der Waals surface area contributed by atoms with Crippen molar-refractivity contribution in [1.29, 1.82) is 0 Å². The number of hydrogen-bond donors (Lipinski definition) is 1. The minimum absolute atomic E-state index is 0.0501. The summed E-state index contributed by atoms with van der Waals surface area (Å²) in [4.78, 5) is 26.1. The number of amides is 2. The van der Waals surface area contributed by atoms with Crippen molar-refractivity contribution < 1.29 is 27.5 Å². The molecule has 2 aliphatic rings. The van der Waals surface area contributed by atoms with Crippen molar-refractivity contribution in [3.8, 4) is 0 Å². The number of nitrogens with zero attached hydrogens (tertiary/aromatic N) is 1. The summed E-state index contributed by atoms with van der Waals surface area (Å²) >= 11 is 0. The third-order valence-corrected chi connectivity index (χ3v) is 4.25. The Bertz CT molecular complexity index is 624. The quantitative estimate of drug-likeness (QED) is 0.916. The SMILES string of the molecule is O=C(Nc1ccc(C(F)(F)F)cc1)C1CC1C(=O)N1CCOCC1. The number of ether oxygens (including phenoxy) is 1. The second-order valence-corrected chi connectivity index (χ2v) is 5.95. The standard InChI is InChI=1S/C16H17F3N2O3/c17-16(18,19)10-1-3-11(4-2-10)20-14(22)12-9-13(12)15(23)21-5-7-24-8-6-21/h1-4,12-13H,5-9H2,(H,20,22). The van der Waals surface area contributed by atoms with E-state index in [1.165, 1.54) is 12.1 Å². The Hall–Kier alpha value is -2.09. The first kappa shape index (κ1) is 16.8. The van der Waals surface area contributed by atoms with Gasteiger partial charge in [-0.15, -0.1) is 0 Å². The largest absolute Gasteiger partial charge is 0.416 e. The molecule has 1 heterocycles. The number of nitrogens with one attached hydrogen (secondary N) is 1. The molecule has 2 amide bonds. The van der Waals surface area contributed by atoms with E-state index >= 15 is 0 Å². The van der Waals surface area contributed by atoms with Crippen LogP contribution in [0.4, 0.5) is 18.9 Å². The van der Waals surface area contributed by atoms with Crippen molar-refractivity contribution in [2.24, 2.45) is 11.8 Å². The van der Waals surface area contributed by atoms with Gasteiger partial charge in [0.1, 0.15) is 0 Å². The van der Waals surface area contributed by atoms with Crippen LogP contribution in [-0.2, 0) is 20.5 Å². The molecule has 0 spiro atoms. The molecule has 5 nitrogen and oxygen atoms in total. The summed E-state index contributed by atoms with van der Waals surface area (Å²) in [7, 11) is 0. The van der Waals surface area contributed by atoms with Crippen LogP contribution < -0.4 is 5.32 Å². The minimum atomic E-state index is -4.41. The van der Waals surface area contributed by atoms with E-state index in [1.54, 1.807) is 4.90 Å². The van der Waals surface area contributed by atoms with Gasteiger partial charge in [0.25, 0.3) is 0 Å². The second-order valence-electron chi connectivity index (χ2n) is 5.95. The van der Waals surface area contributed by atoms with E-state index in [-0.39, 0.29) is 23.4 Å². The summed E-state index contributed by atoms with van der Waals surface area (Å²) in [6.07, 6.45) is -3.93. The van der Waals surface area contributed by atoms with Crippen LogP contribution in [0.3, 0.4) is 0 Å². The van der Waals surface area contributed by atoms with E-state index in [9.17, 15) is 22.8 Å². The molecular formula is C16H17F3N2O3. The first-order chi connectivity index (χ1) is 11.4. The Labute approximate surface area is 136 Å². The summed E-state index contributed by atoms with van der Waals surface area (Å²) in [5.41, 5.74) is -0.482. The lowest BCUT2D eigenvalue weighted by molar-refractivity contribution is -0.138. The molecule has 1 saturated heterocycles. The van der Waals surface area contributed by atoms with Crippen molar-refractivity contribution in [3.63, 3.8) is 0 Å². The molecule has 2 atom stereocenters. The average Bonchev–Trinajstić information content (AvgIpc) is 3.35. The van der Waals surface area contributed by atoms with Crippen LogP contribution in [0, 0.1) is 11.8 Å². The van der Waals surface area contributed by atoms with Crippen LogP contribution in [0.15, 0.2) is 24.3 Å². The molecule has 8 heteroatoms. The zero-order valence-electron chi connectivity index (χ0n) is 12.8. The molecule has 1 aliphatic carbocycles. The van der Waals surface area contributed by atoms with Gasteiger partial charge in [0.05, 0.1) is 30.6 Å². The third kappa shape index (κ3) is 3.69. The highest BCUT2D eigenvalue weighted by atomic mass is 19.4. The fraction of sp³-hybridized carbons (Fsp3) is 0.500. The van der Waals surface area contributed by atoms with Gasteiger partial charge in [0.15, 0.2) is 0 Å². The van der Waals surface area contributed by atoms with Gasteiger partial charge in [-0.05, 0) is 30.7 Å². The van der Waals surface area contributed by atoms with Gasteiger partial charge >= 0.3 is 6.18 Å². The summed E-state index contributed by atoms with van der Waals surface area (Å²) in [5.74, 6) is -1.13. The van der Waals surface area contributed by atoms with Crippen molar-refractivity contribution in [1.82, 2.24) is 4.90 Å². The maximum atomic E-state index is 12.5. The summed E-state index contributed by atoms with van der Waals surface area (Å²) in [6.45, 7) is 2.06. The Morgan fingerprint density at radius 1 is 1.08 bits per heavy atom. The van der Waals surface area contributed by atoms with E-state index < -0.39 is 17.7 Å². The average molecular weight is 342 g/mol. The van der Waals surface area contributed by atoms with Crippen LogP contribution in [0.5, 0.6) is 0 Å². The number of carbonyl (C=O) groups is 2. The Kier molecular flexibility index (Phi) is 4.49. The first-order valence-corrected chi connectivity index (χ1v) is 7.71. The van der Waals surface area contributed by atoms with Crippen molar-refractivity contribution >= 4 is 17.5 Å².